The zero-order valence-electron chi connectivity index (χ0n) is 18.9. The van der Waals surface area contributed by atoms with E-state index in [1.165, 1.54) is 12.1 Å². The predicted molar refractivity (Wildman–Crippen MR) is 120 cm³/mol. The van der Waals surface area contributed by atoms with E-state index in [4.69, 9.17) is 0 Å². The molecule has 0 N–H and O–H groups in total. The molecular formula is C25H28F3N5. The van der Waals surface area contributed by atoms with Gasteiger partial charge in [0.05, 0.1) is 5.56 Å². The molecule has 0 radical (unpaired) electrons. The Morgan fingerprint density at radius 3 is 2.61 bits per heavy atom. The molecule has 0 amide bonds. The number of fused-ring (bicyclic) bond motifs is 1. The molecule has 33 heavy (non-hydrogen) atoms. The van der Waals surface area contributed by atoms with Gasteiger partial charge in [0.15, 0.2) is 5.82 Å². The van der Waals surface area contributed by atoms with E-state index in [0.717, 1.165) is 73.8 Å². The summed E-state index contributed by atoms with van der Waals surface area (Å²) in [5.74, 6) is 2.38. The average Bonchev–Trinajstić information content (AvgIpc) is 3.17. The van der Waals surface area contributed by atoms with Crippen molar-refractivity contribution in [3.63, 3.8) is 0 Å². The molecule has 2 atom stereocenters. The van der Waals surface area contributed by atoms with E-state index in [1.54, 1.807) is 18.3 Å². The summed E-state index contributed by atoms with van der Waals surface area (Å²) in [5.41, 5.74) is 2.49. The largest absolute Gasteiger partial charge is 0.416 e. The van der Waals surface area contributed by atoms with Crippen LogP contribution in [0.2, 0.25) is 0 Å². The maximum atomic E-state index is 12.9. The zero-order chi connectivity index (χ0) is 23.2. The first-order chi connectivity index (χ1) is 15.8. The second-order valence-corrected chi connectivity index (χ2v) is 9.46. The number of likely N-dealkylation sites (tertiary alicyclic amines) is 1. The maximum Gasteiger partial charge on any atom is 0.416 e. The Kier molecular flexibility index (Phi) is 5.51. The minimum absolute atomic E-state index is 0.0597. The fraction of sp³-hybridized carbons (Fsp3) is 0.480. The van der Waals surface area contributed by atoms with Gasteiger partial charge in [-0.2, -0.15) is 13.2 Å². The number of aromatic nitrogens is 4. The summed E-state index contributed by atoms with van der Waals surface area (Å²) in [5, 5.41) is 8.76. The molecule has 2 fully saturated rings. The van der Waals surface area contributed by atoms with Gasteiger partial charge in [-0.25, -0.2) is 0 Å². The number of hydrogen-bond donors (Lipinski definition) is 0. The fourth-order valence-electron chi connectivity index (χ4n) is 5.35. The van der Waals surface area contributed by atoms with Crippen molar-refractivity contribution < 1.29 is 13.2 Å². The third kappa shape index (κ3) is 4.16. The van der Waals surface area contributed by atoms with E-state index in [0.29, 0.717) is 5.92 Å². The number of pyridine rings is 1. The lowest BCUT2D eigenvalue weighted by molar-refractivity contribution is -0.137. The normalized spacial score (nSPS) is 22.5. The summed E-state index contributed by atoms with van der Waals surface area (Å²) in [4.78, 5) is 6.81. The van der Waals surface area contributed by atoms with Gasteiger partial charge in [0.25, 0.3) is 0 Å². The Hall–Kier alpha value is -2.74. The van der Waals surface area contributed by atoms with E-state index in [1.807, 2.05) is 26.1 Å². The van der Waals surface area contributed by atoms with Crippen molar-refractivity contribution in [1.29, 1.82) is 0 Å². The number of halogens is 3. The second-order valence-electron chi connectivity index (χ2n) is 9.46. The van der Waals surface area contributed by atoms with Crippen molar-refractivity contribution in [2.45, 2.75) is 44.2 Å². The first-order valence-corrected chi connectivity index (χ1v) is 11.5. The summed E-state index contributed by atoms with van der Waals surface area (Å²) >= 11 is 0. The molecule has 0 spiro atoms. The van der Waals surface area contributed by atoms with Crippen molar-refractivity contribution in [2.75, 3.05) is 19.6 Å². The Balaban J connectivity index is 1.13. The van der Waals surface area contributed by atoms with Crippen molar-refractivity contribution in [3.05, 3.63) is 65.2 Å². The monoisotopic (exact) mass is 455 g/mol. The van der Waals surface area contributed by atoms with Crippen LogP contribution in [0.15, 0.2) is 42.6 Å². The SMILES string of the molecule is Cc1ncccc1-c1nnc(CCCCN2C[C@@H]3C[C@]3(c3ccc(C(F)(F)F)cc3)C2)n1C. The third-order valence-electron chi connectivity index (χ3n) is 7.34. The van der Waals surface area contributed by atoms with Gasteiger partial charge in [0.2, 0.25) is 0 Å². The van der Waals surface area contributed by atoms with Crippen LogP contribution in [0.25, 0.3) is 11.4 Å². The molecular weight excluding hydrogens is 427 g/mol. The molecule has 174 valence electrons. The highest BCUT2D eigenvalue weighted by molar-refractivity contribution is 5.57. The minimum atomic E-state index is -4.28. The van der Waals surface area contributed by atoms with Gasteiger partial charge in [-0.3, -0.25) is 4.98 Å². The molecule has 1 aromatic carbocycles. The van der Waals surface area contributed by atoms with Gasteiger partial charge < -0.3 is 9.47 Å². The van der Waals surface area contributed by atoms with Crippen molar-refractivity contribution in [2.24, 2.45) is 13.0 Å². The van der Waals surface area contributed by atoms with Crippen molar-refractivity contribution in [3.8, 4) is 11.4 Å². The molecule has 8 heteroatoms. The van der Waals surface area contributed by atoms with Crippen LogP contribution in [0.3, 0.4) is 0 Å². The number of aryl methyl sites for hydroxylation is 2. The van der Waals surface area contributed by atoms with Gasteiger partial charge in [-0.15, -0.1) is 10.2 Å². The standard InChI is InChI=1S/C25H28F3N5/c1-17-21(6-5-12-29-17)23-31-30-22(32(23)2)7-3-4-13-33-15-20-14-24(20,16-33)18-8-10-19(11-9-18)25(26,27)28/h5-6,8-12,20H,3-4,7,13-16H2,1-2H3/t20-,24+/m0/s1. The van der Waals surface area contributed by atoms with Crippen LogP contribution in [0, 0.1) is 12.8 Å². The molecule has 2 aliphatic rings. The molecule has 0 bridgehead atoms. The molecule has 1 aliphatic heterocycles. The zero-order valence-corrected chi connectivity index (χ0v) is 18.9. The predicted octanol–water partition coefficient (Wildman–Crippen LogP) is 4.80. The van der Waals surface area contributed by atoms with E-state index in [-0.39, 0.29) is 5.41 Å². The van der Waals surface area contributed by atoms with E-state index in [2.05, 4.69) is 24.6 Å². The highest BCUT2D eigenvalue weighted by Gasteiger charge is 2.60. The molecule has 1 saturated heterocycles. The fourth-order valence-corrected chi connectivity index (χ4v) is 5.35. The smallest absolute Gasteiger partial charge is 0.314 e. The van der Waals surface area contributed by atoms with Crippen LogP contribution in [-0.4, -0.2) is 44.3 Å². The Bertz CT molecular complexity index is 1140. The molecule has 1 aliphatic carbocycles. The van der Waals surface area contributed by atoms with Gasteiger partial charge in [-0.1, -0.05) is 12.1 Å². The van der Waals surface area contributed by atoms with Gasteiger partial charge in [0, 0.05) is 49.4 Å². The molecule has 5 rings (SSSR count). The topological polar surface area (TPSA) is 46.8 Å². The Labute approximate surface area is 191 Å². The van der Waals surface area contributed by atoms with E-state index >= 15 is 0 Å². The number of nitrogens with zero attached hydrogens (tertiary/aromatic N) is 5. The molecule has 3 aromatic rings. The first kappa shape index (κ1) is 22.1. The summed E-state index contributed by atoms with van der Waals surface area (Å²) in [7, 11) is 2.00. The summed E-state index contributed by atoms with van der Waals surface area (Å²) in [6.45, 7) is 4.96. The number of unbranched alkanes of at least 4 members (excludes halogenated alkanes) is 1. The number of hydrogen-bond acceptors (Lipinski definition) is 4. The lowest BCUT2D eigenvalue weighted by Crippen LogP contribution is -2.27. The number of piperidine rings is 1. The van der Waals surface area contributed by atoms with Crippen LogP contribution >= 0.6 is 0 Å². The number of rotatable bonds is 7. The van der Waals surface area contributed by atoms with Crippen LogP contribution in [0.5, 0.6) is 0 Å². The van der Waals surface area contributed by atoms with Crippen LogP contribution in [-0.2, 0) is 25.1 Å². The number of alkyl halides is 3. The van der Waals surface area contributed by atoms with Gasteiger partial charge in [0.1, 0.15) is 5.82 Å². The Morgan fingerprint density at radius 2 is 1.88 bits per heavy atom. The lowest BCUT2D eigenvalue weighted by Gasteiger charge is -2.21. The summed E-state index contributed by atoms with van der Waals surface area (Å²) < 4.78 is 40.7. The summed E-state index contributed by atoms with van der Waals surface area (Å²) in [6, 6.07) is 9.74. The second kappa shape index (κ2) is 8.24. The van der Waals surface area contributed by atoms with Gasteiger partial charge >= 0.3 is 6.18 Å². The van der Waals surface area contributed by atoms with Crippen LogP contribution in [0.4, 0.5) is 13.2 Å². The van der Waals surface area contributed by atoms with Crippen molar-refractivity contribution in [1.82, 2.24) is 24.6 Å². The minimum Gasteiger partial charge on any atom is -0.314 e. The molecule has 3 heterocycles. The van der Waals surface area contributed by atoms with E-state index < -0.39 is 11.7 Å². The van der Waals surface area contributed by atoms with Crippen LogP contribution in [0.1, 0.15) is 41.9 Å². The highest BCUT2D eigenvalue weighted by atomic mass is 19.4. The lowest BCUT2D eigenvalue weighted by atomic mass is 9.94. The summed E-state index contributed by atoms with van der Waals surface area (Å²) in [6.07, 6.45) is 1.53. The van der Waals surface area contributed by atoms with Crippen LogP contribution < -0.4 is 0 Å². The van der Waals surface area contributed by atoms with Gasteiger partial charge in [-0.05, 0) is 68.5 Å². The average molecular weight is 456 g/mol. The van der Waals surface area contributed by atoms with E-state index in [9.17, 15) is 13.2 Å². The molecule has 0 unspecified atom stereocenters. The maximum absolute atomic E-state index is 12.9. The third-order valence-corrected chi connectivity index (χ3v) is 7.34. The first-order valence-electron chi connectivity index (χ1n) is 11.5. The quantitative estimate of drug-likeness (QED) is 0.480. The molecule has 5 nitrogen and oxygen atoms in total. The number of benzene rings is 1. The highest BCUT2D eigenvalue weighted by Crippen LogP contribution is 2.59. The van der Waals surface area contributed by atoms with Crippen molar-refractivity contribution >= 4 is 0 Å². The molecule has 2 aromatic heterocycles. The Morgan fingerprint density at radius 1 is 1.09 bits per heavy atom. The molecule has 1 saturated carbocycles.